The molecule has 8 heteroatoms. The third kappa shape index (κ3) is 8.73. The average molecular weight is 571 g/mol. The van der Waals surface area contributed by atoms with Crippen molar-refractivity contribution in [3.05, 3.63) is 132 Å². The van der Waals surface area contributed by atoms with Crippen LogP contribution < -0.4 is 11.1 Å². The van der Waals surface area contributed by atoms with Crippen molar-refractivity contribution < 1.29 is 24.2 Å². The lowest BCUT2D eigenvalue weighted by molar-refractivity contribution is -0.142. The van der Waals surface area contributed by atoms with Gasteiger partial charge in [-0.2, -0.15) is 0 Å². The molecular formula is C33H35N2O5P. The fourth-order valence-electron chi connectivity index (χ4n) is 4.78. The van der Waals surface area contributed by atoms with E-state index in [9.17, 15) is 24.2 Å². The first-order valence-corrected chi connectivity index (χ1v) is 15.4. The van der Waals surface area contributed by atoms with E-state index in [4.69, 9.17) is 5.73 Å². The van der Waals surface area contributed by atoms with Gasteiger partial charge in [-0.15, -0.1) is 0 Å². The zero-order chi connectivity index (χ0) is 29.2. The van der Waals surface area contributed by atoms with Crippen LogP contribution in [-0.2, 0) is 33.4 Å². The molecule has 7 nitrogen and oxygen atoms in total. The molecule has 0 spiro atoms. The van der Waals surface area contributed by atoms with E-state index in [1.165, 1.54) is 0 Å². The van der Waals surface area contributed by atoms with Gasteiger partial charge in [0.15, 0.2) is 0 Å². The number of nitrogens with one attached hydrogen (secondary N) is 1. The van der Waals surface area contributed by atoms with Crippen LogP contribution in [0.1, 0.15) is 16.7 Å². The summed E-state index contributed by atoms with van der Waals surface area (Å²) >= 11 is 0. The Morgan fingerprint density at radius 1 is 0.683 bits per heavy atom. The number of hydrogen-bond acceptors (Lipinski definition) is 4. The maximum absolute atomic E-state index is 13.6. The highest BCUT2D eigenvalue weighted by molar-refractivity contribution is 7.58. The smallest absolute Gasteiger partial charge is 0.326 e. The Hall–Kier alpha value is -4.03. The van der Waals surface area contributed by atoms with Crippen LogP contribution in [0.15, 0.2) is 115 Å². The van der Waals surface area contributed by atoms with Crippen LogP contribution in [-0.4, -0.2) is 39.9 Å². The lowest BCUT2D eigenvalue weighted by atomic mass is 9.97. The Kier molecular flexibility index (Phi) is 10.3. The molecule has 0 saturated carbocycles. The van der Waals surface area contributed by atoms with Crippen molar-refractivity contribution in [1.82, 2.24) is 5.32 Å². The van der Waals surface area contributed by atoms with Crippen LogP contribution in [0.25, 0.3) is 11.1 Å². The van der Waals surface area contributed by atoms with Gasteiger partial charge >= 0.3 is 5.97 Å². The van der Waals surface area contributed by atoms with Gasteiger partial charge in [0.1, 0.15) is 6.04 Å². The van der Waals surface area contributed by atoms with Crippen molar-refractivity contribution in [3.63, 3.8) is 0 Å². The standard InChI is InChI=1S/C33H35N2O5P/c34-31(22-25-12-6-2-7-13-25)41(39,40)23-29(20-26-16-18-28(19-17-26)27-14-8-3-9-15-27)32(36)35-30(33(37)38)21-24-10-4-1-5-11-24/h1-19,29-31H,20-23,34H2,(H,35,36)(H,37,38)(H,39,40)/t29-,30+,31?/m1/s1. The number of aliphatic carboxylic acids is 1. The second-order valence-corrected chi connectivity index (χ2v) is 12.8. The molecule has 2 unspecified atom stereocenters. The van der Waals surface area contributed by atoms with Crippen LogP contribution in [0.4, 0.5) is 0 Å². The van der Waals surface area contributed by atoms with Gasteiger partial charge in [0.25, 0.3) is 0 Å². The van der Waals surface area contributed by atoms with E-state index in [0.29, 0.717) is 0 Å². The lowest BCUT2D eigenvalue weighted by Gasteiger charge is -2.26. The first-order chi connectivity index (χ1) is 19.7. The molecule has 4 rings (SSSR count). The topological polar surface area (TPSA) is 130 Å². The van der Waals surface area contributed by atoms with Crippen LogP contribution in [0, 0.1) is 5.92 Å². The van der Waals surface area contributed by atoms with Crippen molar-refractivity contribution >= 4 is 19.2 Å². The molecule has 0 fully saturated rings. The van der Waals surface area contributed by atoms with E-state index in [2.05, 4.69) is 5.32 Å². The maximum Gasteiger partial charge on any atom is 0.326 e. The summed E-state index contributed by atoms with van der Waals surface area (Å²) in [5, 5.41) is 12.5. The van der Waals surface area contributed by atoms with Crippen LogP contribution in [0.5, 0.6) is 0 Å². The van der Waals surface area contributed by atoms with Crippen LogP contribution >= 0.6 is 7.37 Å². The first-order valence-electron chi connectivity index (χ1n) is 13.5. The summed E-state index contributed by atoms with van der Waals surface area (Å²) in [6.07, 6.45) is 0.0529. The molecule has 4 aromatic rings. The molecule has 1 amide bonds. The Bertz CT molecular complexity index is 1460. The van der Waals surface area contributed by atoms with E-state index >= 15 is 0 Å². The largest absolute Gasteiger partial charge is 0.480 e. The fraction of sp³-hybridized carbons (Fsp3) is 0.212. The molecule has 0 radical (unpaired) electrons. The fourth-order valence-corrected chi connectivity index (χ4v) is 6.47. The number of nitrogens with two attached hydrogens (primary N) is 1. The second kappa shape index (κ2) is 14.0. The zero-order valence-electron chi connectivity index (χ0n) is 22.7. The molecule has 212 valence electrons. The van der Waals surface area contributed by atoms with Crippen molar-refractivity contribution in [3.8, 4) is 11.1 Å². The Morgan fingerprint density at radius 3 is 1.68 bits per heavy atom. The van der Waals surface area contributed by atoms with Gasteiger partial charge in [-0.25, -0.2) is 4.79 Å². The highest BCUT2D eigenvalue weighted by atomic mass is 31.2. The predicted octanol–water partition coefficient (Wildman–Crippen LogP) is 5.12. The summed E-state index contributed by atoms with van der Waals surface area (Å²) < 4.78 is 13.5. The van der Waals surface area contributed by atoms with Crippen molar-refractivity contribution in [2.24, 2.45) is 11.7 Å². The van der Waals surface area contributed by atoms with Gasteiger partial charge < -0.3 is 21.1 Å². The second-order valence-electron chi connectivity index (χ2n) is 10.2. The maximum atomic E-state index is 13.6. The molecule has 0 aliphatic rings. The van der Waals surface area contributed by atoms with E-state index in [1.807, 2.05) is 91.0 Å². The van der Waals surface area contributed by atoms with Crippen LogP contribution in [0.2, 0.25) is 0 Å². The Morgan fingerprint density at radius 2 is 1.15 bits per heavy atom. The molecule has 5 N–H and O–H groups in total. The van der Waals surface area contributed by atoms with Crippen molar-refractivity contribution in [2.45, 2.75) is 31.1 Å². The van der Waals surface area contributed by atoms with Gasteiger partial charge in [0.05, 0.1) is 11.7 Å². The molecule has 0 saturated heterocycles. The summed E-state index contributed by atoms with van der Waals surface area (Å²) in [4.78, 5) is 36.6. The number of carboxylic acid groups (broad SMARTS) is 1. The highest BCUT2D eigenvalue weighted by Crippen LogP contribution is 2.47. The molecular weight excluding hydrogens is 535 g/mol. The van der Waals surface area contributed by atoms with Crippen molar-refractivity contribution in [2.75, 3.05) is 6.16 Å². The minimum absolute atomic E-state index is 0.0880. The van der Waals surface area contributed by atoms with Gasteiger partial charge in [-0.3, -0.25) is 9.36 Å². The van der Waals surface area contributed by atoms with Gasteiger partial charge in [-0.1, -0.05) is 115 Å². The highest BCUT2D eigenvalue weighted by Gasteiger charge is 2.35. The van der Waals surface area contributed by atoms with Gasteiger partial charge in [0.2, 0.25) is 13.3 Å². The van der Waals surface area contributed by atoms with E-state index in [0.717, 1.165) is 27.8 Å². The number of benzene rings is 4. The quantitative estimate of drug-likeness (QED) is 0.165. The molecule has 4 atom stereocenters. The van der Waals surface area contributed by atoms with Crippen molar-refractivity contribution in [1.29, 1.82) is 0 Å². The summed E-state index contributed by atoms with van der Waals surface area (Å²) in [6, 6.07) is 34.5. The van der Waals surface area contributed by atoms with E-state index < -0.39 is 37.0 Å². The minimum atomic E-state index is -4.02. The molecule has 41 heavy (non-hydrogen) atoms. The normalized spacial score (nSPS) is 14.8. The number of carbonyl (C=O) groups excluding carboxylic acids is 1. The zero-order valence-corrected chi connectivity index (χ0v) is 23.6. The molecule has 0 bridgehead atoms. The molecule has 0 heterocycles. The average Bonchev–Trinajstić information content (AvgIpc) is 2.98. The third-order valence-corrected chi connectivity index (χ3v) is 9.28. The van der Waals surface area contributed by atoms with Gasteiger partial charge in [-0.05, 0) is 40.7 Å². The Balaban J connectivity index is 1.55. The first kappa shape index (κ1) is 29.9. The number of carboxylic acids is 1. The predicted molar refractivity (Wildman–Crippen MR) is 162 cm³/mol. The Labute approximate surface area is 240 Å². The minimum Gasteiger partial charge on any atom is -0.480 e. The third-order valence-electron chi connectivity index (χ3n) is 7.10. The summed E-state index contributed by atoms with van der Waals surface area (Å²) in [7, 11) is -4.02. The monoisotopic (exact) mass is 570 g/mol. The summed E-state index contributed by atoms with van der Waals surface area (Å²) in [6.45, 7) is 0. The summed E-state index contributed by atoms with van der Waals surface area (Å²) in [5.74, 6) is -3.81. The SMILES string of the molecule is NC(Cc1ccccc1)P(=O)(O)C[C@@H](Cc1ccc(-c2ccccc2)cc1)C(=O)N[C@@H](Cc1ccccc1)C(=O)O. The van der Waals surface area contributed by atoms with E-state index in [-0.39, 0.29) is 25.4 Å². The number of hydrogen-bond donors (Lipinski definition) is 4. The molecule has 0 aliphatic carbocycles. The van der Waals surface area contributed by atoms with E-state index in [1.54, 1.807) is 24.3 Å². The molecule has 4 aromatic carbocycles. The summed E-state index contributed by atoms with van der Waals surface area (Å²) in [5.41, 5.74) is 10.6. The number of carbonyl (C=O) groups is 2. The van der Waals surface area contributed by atoms with Crippen LogP contribution in [0.3, 0.4) is 0 Å². The lowest BCUT2D eigenvalue weighted by Crippen LogP contribution is -2.46. The number of amides is 1. The van der Waals surface area contributed by atoms with Gasteiger partial charge in [0, 0.05) is 12.6 Å². The molecule has 0 aromatic heterocycles. The molecule has 0 aliphatic heterocycles. The number of rotatable bonds is 13.